The molecule has 1 aliphatic rings. The topological polar surface area (TPSA) is 73.9 Å². The van der Waals surface area contributed by atoms with E-state index in [1.807, 2.05) is 48.5 Å². The summed E-state index contributed by atoms with van der Waals surface area (Å²) in [7, 11) is 1.55. The minimum Gasteiger partial charge on any atom is -0.497 e. The fraction of sp³-hybridized carbons (Fsp3) is 0.167. The summed E-state index contributed by atoms with van der Waals surface area (Å²) in [6.07, 6.45) is -0.981. The van der Waals surface area contributed by atoms with Crippen molar-refractivity contribution in [2.24, 2.45) is 0 Å². The normalized spacial score (nSPS) is 13.3. The van der Waals surface area contributed by atoms with E-state index < -0.39 is 23.9 Å². The predicted octanol–water partition coefficient (Wildman–Crippen LogP) is 4.50. The van der Waals surface area contributed by atoms with E-state index in [0.29, 0.717) is 34.1 Å². The van der Waals surface area contributed by atoms with Crippen LogP contribution in [0.25, 0.3) is 0 Å². The van der Waals surface area contributed by atoms with Crippen molar-refractivity contribution in [3.63, 3.8) is 0 Å². The molecule has 1 amide bonds. The number of anilines is 1. The van der Waals surface area contributed by atoms with Gasteiger partial charge in [0.2, 0.25) is 0 Å². The van der Waals surface area contributed by atoms with E-state index in [1.54, 1.807) is 38.3 Å². The molecule has 30 heavy (non-hydrogen) atoms. The van der Waals surface area contributed by atoms with Crippen molar-refractivity contribution in [3.8, 4) is 17.2 Å². The first-order chi connectivity index (χ1) is 14.6. The molecule has 0 bridgehead atoms. The third kappa shape index (κ3) is 3.85. The molecular weight excluding hydrogens is 382 g/mol. The molecule has 6 heteroatoms. The van der Waals surface area contributed by atoms with Crippen LogP contribution in [0, 0.1) is 0 Å². The number of para-hydroxylation sites is 2. The van der Waals surface area contributed by atoms with E-state index in [4.69, 9.17) is 14.2 Å². The molecule has 4 rings (SSSR count). The number of ether oxygens (including phenoxy) is 3. The summed E-state index contributed by atoms with van der Waals surface area (Å²) < 4.78 is 16.6. The lowest BCUT2D eigenvalue weighted by Gasteiger charge is -2.27. The molecule has 0 saturated heterocycles. The molecule has 0 unspecified atom stereocenters. The first kappa shape index (κ1) is 19.5. The summed E-state index contributed by atoms with van der Waals surface area (Å²) in [5.74, 6) is 0.223. The van der Waals surface area contributed by atoms with Crippen LogP contribution in [0.1, 0.15) is 24.0 Å². The van der Waals surface area contributed by atoms with Gasteiger partial charge >= 0.3 is 5.97 Å². The number of hydrogen-bond acceptors (Lipinski definition) is 5. The van der Waals surface area contributed by atoms with Crippen LogP contribution >= 0.6 is 0 Å². The van der Waals surface area contributed by atoms with Gasteiger partial charge < -0.3 is 19.5 Å². The summed E-state index contributed by atoms with van der Waals surface area (Å²) in [6, 6.07) is 21.6. The zero-order valence-corrected chi connectivity index (χ0v) is 16.6. The van der Waals surface area contributed by atoms with E-state index in [1.165, 1.54) is 0 Å². The number of fused-ring (bicyclic) bond motifs is 2. The highest BCUT2D eigenvalue weighted by atomic mass is 16.5. The average molecular weight is 403 g/mol. The van der Waals surface area contributed by atoms with Gasteiger partial charge in [-0.25, -0.2) is 0 Å². The van der Waals surface area contributed by atoms with Gasteiger partial charge in [-0.2, -0.15) is 0 Å². The molecule has 3 aromatic rings. The Morgan fingerprint density at radius 3 is 2.20 bits per heavy atom. The molecule has 0 radical (unpaired) electrons. The maximum absolute atomic E-state index is 13.1. The molecule has 1 atom stereocenters. The van der Waals surface area contributed by atoms with Crippen LogP contribution in [0.4, 0.5) is 5.69 Å². The average Bonchev–Trinajstić information content (AvgIpc) is 2.77. The van der Waals surface area contributed by atoms with E-state index in [2.05, 4.69) is 5.32 Å². The number of rotatable bonds is 5. The second-order valence-electron chi connectivity index (χ2n) is 6.91. The van der Waals surface area contributed by atoms with Crippen LogP contribution in [0.2, 0.25) is 0 Å². The summed E-state index contributed by atoms with van der Waals surface area (Å²) >= 11 is 0. The number of amides is 1. The van der Waals surface area contributed by atoms with Crippen LogP contribution in [0.3, 0.4) is 0 Å². The van der Waals surface area contributed by atoms with Gasteiger partial charge in [0.15, 0.2) is 6.10 Å². The molecule has 3 aromatic carbocycles. The largest absolute Gasteiger partial charge is 0.497 e. The summed E-state index contributed by atoms with van der Waals surface area (Å²) in [6.45, 7) is 1.55. The molecule has 0 aliphatic carbocycles. The Labute approximate surface area is 174 Å². The van der Waals surface area contributed by atoms with Crippen LogP contribution < -0.4 is 14.8 Å². The van der Waals surface area contributed by atoms with Crippen molar-refractivity contribution < 1.29 is 23.8 Å². The number of carbonyl (C=O) groups is 2. The van der Waals surface area contributed by atoms with Gasteiger partial charge in [0, 0.05) is 22.9 Å². The molecule has 0 fully saturated rings. The lowest BCUT2D eigenvalue weighted by atomic mass is 9.88. The Bertz CT molecular complexity index is 1050. The Balaban J connectivity index is 1.53. The standard InChI is InChI=1S/C24H21NO5/c1-15(23(26)25-16-8-7-9-17(14-16)28-2)29-24(27)22-18-10-3-5-12-20(18)30-21-13-6-4-11-19(21)22/h3-15,22H,1-2H3,(H,25,26)/t15-/m0/s1. The molecular formula is C24H21NO5. The maximum Gasteiger partial charge on any atom is 0.318 e. The Kier molecular flexibility index (Phi) is 5.39. The van der Waals surface area contributed by atoms with Crippen molar-refractivity contribution in [1.29, 1.82) is 0 Å². The van der Waals surface area contributed by atoms with Gasteiger partial charge in [0.1, 0.15) is 23.2 Å². The number of nitrogens with one attached hydrogen (secondary N) is 1. The lowest BCUT2D eigenvalue weighted by molar-refractivity contribution is -0.153. The van der Waals surface area contributed by atoms with E-state index in [0.717, 1.165) is 0 Å². The summed E-state index contributed by atoms with van der Waals surface area (Å²) in [5.41, 5.74) is 1.98. The highest BCUT2D eigenvalue weighted by molar-refractivity contribution is 5.96. The van der Waals surface area contributed by atoms with Gasteiger partial charge in [-0.05, 0) is 31.2 Å². The predicted molar refractivity (Wildman–Crippen MR) is 112 cm³/mol. The first-order valence-electron chi connectivity index (χ1n) is 9.58. The second kappa shape index (κ2) is 8.29. The highest BCUT2D eigenvalue weighted by Crippen LogP contribution is 2.44. The van der Waals surface area contributed by atoms with Gasteiger partial charge in [-0.15, -0.1) is 0 Å². The van der Waals surface area contributed by atoms with Crippen LogP contribution in [-0.4, -0.2) is 25.1 Å². The van der Waals surface area contributed by atoms with Gasteiger partial charge in [-0.3, -0.25) is 9.59 Å². The SMILES string of the molecule is COc1cccc(NC(=O)[C@H](C)OC(=O)C2c3ccccc3Oc3ccccc32)c1. The van der Waals surface area contributed by atoms with Crippen molar-refractivity contribution in [1.82, 2.24) is 0 Å². The highest BCUT2D eigenvalue weighted by Gasteiger charge is 2.35. The molecule has 0 aromatic heterocycles. The molecule has 0 spiro atoms. The molecule has 6 nitrogen and oxygen atoms in total. The number of methoxy groups -OCH3 is 1. The van der Waals surface area contributed by atoms with Crippen molar-refractivity contribution in [2.75, 3.05) is 12.4 Å². The van der Waals surface area contributed by atoms with Crippen LogP contribution in [-0.2, 0) is 14.3 Å². The molecule has 1 heterocycles. The Morgan fingerprint density at radius 1 is 0.933 bits per heavy atom. The number of esters is 1. The fourth-order valence-corrected chi connectivity index (χ4v) is 3.40. The van der Waals surface area contributed by atoms with Crippen molar-refractivity contribution in [2.45, 2.75) is 18.9 Å². The zero-order chi connectivity index (χ0) is 21.1. The minimum atomic E-state index is -0.981. The Morgan fingerprint density at radius 2 is 1.57 bits per heavy atom. The first-order valence-corrected chi connectivity index (χ1v) is 9.58. The lowest BCUT2D eigenvalue weighted by Crippen LogP contribution is -2.32. The molecule has 1 aliphatic heterocycles. The summed E-state index contributed by atoms with van der Waals surface area (Å²) in [4.78, 5) is 25.7. The Hall–Kier alpha value is -3.80. The maximum atomic E-state index is 13.1. The molecule has 0 saturated carbocycles. The van der Waals surface area contributed by atoms with Crippen molar-refractivity contribution >= 4 is 17.6 Å². The van der Waals surface area contributed by atoms with Crippen molar-refractivity contribution in [3.05, 3.63) is 83.9 Å². The third-order valence-corrected chi connectivity index (χ3v) is 4.92. The van der Waals surface area contributed by atoms with E-state index >= 15 is 0 Å². The van der Waals surface area contributed by atoms with E-state index in [9.17, 15) is 9.59 Å². The third-order valence-electron chi connectivity index (χ3n) is 4.92. The monoisotopic (exact) mass is 403 g/mol. The van der Waals surface area contributed by atoms with Crippen LogP contribution in [0.5, 0.6) is 17.2 Å². The fourth-order valence-electron chi connectivity index (χ4n) is 3.40. The zero-order valence-electron chi connectivity index (χ0n) is 16.6. The van der Waals surface area contributed by atoms with E-state index in [-0.39, 0.29) is 0 Å². The number of hydrogen-bond donors (Lipinski definition) is 1. The van der Waals surface area contributed by atoms with Gasteiger partial charge in [0.05, 0.1) is 7.11 Å². The smallest absolute Gasteiger partial charge is 0.318 e. The summed E-state index contributed by atoms with van der Waals surface area (Å²) in [5, 5.41) is 2.74. The quantitative estimate of drug-likeness (QED) is 0.635. The minimum absolute atomic E-state index is 0.426. The second-order valence-corrected chi connectivity index (χ2v) is 6.91. The number of benzene rings is 3. The van der Waals surface area contributed by atoms with Gasteiger partial charge in [0.25, 0.3) is 5.91 Å². The molecule has 152 valence electrons. The number of carbonyl (C=O) groups excluding carboxylic acids is 2. The van der Waals surface area contributed by atoms with Crippen LogP contribution in [0.15, 0.2) is 72.8 Å². The molecule has 1 N–H and O–H groups in total. The van der Waals surface area contributed by atoms with Gasteiger partial charge in [-0.1, -0.05) is 42.5 Å².